The highest BCUT2D eigenvalue weighted by molar-refractivity contribution is 7.13. The predicted octanol–water partition coefficient (Wildman–Crippen LogP) is 2.68. The molecule has 2 rings (SSSR count). The standard InChI is InChI=1S/C10H6N2S/c11-6-8-5-10(13-7-8)9-1-3-12-4-2-9/h1-5,7H. The molecule has 0 spiro atoms. The fourth-order valence-corrected chi connectivity index (χ4v) is 1.90. The van der Waals surface area contributed by atoms with Crippen molar-refractivity contribution in [2.24, 2.45) is 0 Å². The summed E-state index contributed by atoms with van der Waals surface area (Å²) in [6.45, 7) is 0. The monoisotopic (exact) mass is 186 g/mol. The molecule has 0 radical (unpaired) electrons. The third-order valence-electron chi connectivity index (χ3n) is 1.69. The summed E-state index contributed by atoms with van der Waals surface area (Å²) in [7, 11) is 0. The van der Waals surface area contributed by atoms with Crippen LogP contribution in [0.5, 0.6) is 0 Å². The lowest BCUT2D eigenvalue weighted by molar-refractivity contribution is 1.33. The number of aromatic nitrogens is 1. The minimum Gasteiger partial charge on any atom is -0.265 e. The van der Waals surface area contributed by atoms with Gasteiger partial charge in [0.05, 0.1) is 5.56 Å². The highest BCUT2D eigenvalue weighted by Crippen LogP contribution is 2.25. The van der Waals surface area contributed by atoms with Crippen LogP contribution in [0.2, 0.25) is 0 Å². The van der Waals surface area contributed by atoms with Crippen LogP contribution >= 0.6 is 11.3 Å². The van der Waals surface area contributed by atoms with Gasteiger partial charge in [0, 0.05) is 22.7 Å². The molecule has 62 valence electrons. The number of nitriles is 1. The molecule has 0 amide bonds. The zero-order chi connectivity index (χ0) is 9.10. The van der Waals surface area contributed by atoms with Gasteiger partial charge in [0.25, 0.3) is 0 Å². The van der Waals surface area contributed by atoms with E-state index >= 15 is 0 Å². The van der Waals surface area contributed by atoms with E-state index < -0.39 is 0 Å². The molecular weight excluding hydrogens is 180 g/mol. The van der Waals surface area contributed by atoms with Gasteiger partial charge < -0.3 is 0 Å². The van der Waals surface area contributed by atoms with Gasteiger partial charge in [-0.3, -0.25) is 4.98 Å². The molecule has 0 aromatic carbocycles. The average molecular weight is 186 g/mol. The largest absolute Gasteiger partial charge is 0.265 e. The molecule has 2 heterocycles. The Morgan fingerprint density at radius 2 is 2.08 bits per heavy atom. The SMILES string of the molecule is N#Cc1csc(-c2ccncc2)c1. The minimum atomic E-state index is 0.719. The maximum absolute atomic E-state index is 8.64. The van der Waals surface area contributed by atoms with Crippen molar-refractivity contribution in [1.29, 1.82) is 5.26 Å². The Morgan fingerprint density at radius 1 is 1.31 bits per heavy atom. The molecular formula is C10H6N2S. The molecule has 2 aromatic rings. The molecule has 0 aliphatic heterocycles. The fourth-order valence-electron chi connectivity index (χ4n) is 1.06. The van der Waals surface area contributed by atoms with Crippen molar-refractivity contribution in [3.05, 3.63) is 41.5 Å². The highest BCUT2D eigenvalue weighted by atomic mass is 32.1. The Labute approximate surface area is 80.1 Å². The summed E-state index contributed by atoms with van der Waals surface area (Å²) >= 11 is 1.58. The number of hydrogen-bond donors (Lipinski definition) is 0. The van der Waals surface area contributed by atoms with Crippen LogP contribution in [0.1, 0.15) is 5.56 Å². The van der Waals surface area contributed by atoms with E-state index in [1.165, 1.54) is 0 Å². The second-order valence-corrected chi connectivity index (χ2v) is 3.46. The van der Waals surface area contributed by atoms with Gasteiger partial charge in [-0.25, -0.2) is 0 Å². The lowest BCUT2D eigenvalue weighted by atomic mass is 10.2. The predicted molar refractivity (Wildman–Crippen MR) is 52.3 cm³/mol. The van der Waals surface area contributed by atoms with Crippen LogP contribution in [0, 0.1) is 11.3 Å². The van der Waals surface area contributed by atoms with E-state index in [9.17, 15) is 0 Å². The van der Waals surface area contributed by atoms with Crippen molar-refractivity contribution in [3.63, 3.8) is 0 Å². The second-order valence-electron chi connectivity index (χ2n) is 2.55. The van der Waals surface area contributed by atoms with Crippen molar-refractivity contribution in [2.45, 2.75) is 0 Å². The first-order valence-electron chi connectivity index (χ1n) is 3.79. The van der Waals surface area contributed by atoms with E-state index in [4.69, 9.17) is 5.26 Å². The Morgan fingerprint density at radius 3 is 2.69 bits per heavy atom. The van der Waals surface area contributed by atoms with Crippen LogP contribution in [0.25, 0.3) is 10.4 Å². The van der Waals surface area contributed by atoms with Gasteiger partial charge in [-0.2, -0.15) is 5.26 Å². The maximum Gasteiger partial charge on any atom is 0.100 e. The molecule has 0 N–H and O–H groups in total. The fraction of sp³-hybridized carbons (Fsp3) is 0. The van der Waals surface area contributed by atoms with Gasteiger partial charge in [-0.15, -0.1) is 11.3 Å². The molecule has 0 saturated heterocycles. The first-order chi connectivity index (χ1) is 6.40. The summed E-state index contributed by atoms with van der Waals surface area (Å²) in [6, 6.07) is 7.88. The molecule has 3 heteroatoms. The number of hydrogen-bond acceptors (Lipinski definition) is 3. The Balaban J connectivity index is 2.43. The van der Waals surface area contributed by atoms with E-state index in [2.05, 4.69) is 11.1 Å². The minimum absolute atomic E-state index is 0.719. The summed E-state index contributed by atoms with van der Waals surface area (Å²) in [5.74, 6) is 0. The van der Waals surface area contributed by atoms with E-state index in [0.29, 0.717) is 0 Å². The molecule has 0 unspecified atom stereocenters. The van der Waals surface area contributed by atoms with Crippen molar-refractivity contribution in [1.82, 2.24) is 4.98 Å². The van der Waals surface area contributed by atoms with Gasteiger partial charge in [0.2, 0.25) is 0 Å². The Hall–Kier alpha value is -1.66. The molecule has 0 fully saturated rings. The van der Waals surface area contributed by atoms with E-state index in [0.717, 1.165) is 16.0 Å². The van der Waals surface area contributed by atoms with Crippen LogP contribution in [-0.2, 0) is 0 Å². The number of pyridine rings is 1. The molecule has 2 aromatic heterocycles. The van der Waals surface area contributed by atoms with E-state index in [1.807, 2.05) is 23.6 Å². The highest BCUT2D eigenvalue weighted by Gasteiger charge is 2.00. The van der Waals surface area contributed by atoms with Crippen LogP contribution in [0.15, 0.2) is 36.0 Å². The lowest BCUT2D eigenvalue weighted by Gasteiger charge is -1.92. The summed E-state index contributed by atoms with van der Waals surface area (Å²) in [6.07, 6.45) is 3.50. The first-order valence-corrected chi connectivity index (χ1v) is 4.67. The topological polar surface area (TPSA) is 36.7 Å². The van der Waals surface area contributed by atoms with Crippen molar-refractivity contribution < 1.29 is 0 Å². The Kier molecular flexibility index (Phi) is 2.07. The van der Waals surface area contributed by atoms with Crippen molar-refractivity contribution >= 4 is 11.3 Å². The van der Waals surface area contributed by atoms with Crippen LogP contribution < -0.4 is 0 Å². The maximum atomic E-state index is 8.64. The molecule has 0 saturated carbocycles. The zero-order valence-corrected chi connectivity index (χ0v) is 7.58. The summed E-state index contributed by atoms with van der Waals surface area (Å²) in [5.41, 5.74) is 1.83. The molecule has 0 bridgehead atoms. The van der Waals surface area contributed by atoms with Crippen molar-refractivity contribution in [3.8, 4) is 16.5 Å². The molecule has 13 heavy (non-hydrogen) atoms. The molecule has 0 atom stereocenters. The number of rotatable bonds is 1. The van der Waals surface area contributed by atoms with Crippen LogP contribution in [-0.4, -0.2) is 4.98 Å². The zero-order valence-electron chi connectivity index (χ0n) is 6.77. The third kappa shape index (κ3) is 1.58. The second kappa shape index (κ2) is 3.38. The molecule has 0 aliphatic rings. The van der Waals surface area contributed by atoms with Gasteiger partial charge in [-0.1, -0.05) is 0 Å². The number of thiophene rings is 1. The first kappa shape index (κ1) is 7.96. The smallest absolute Gasteiger partial charge is 0.100 e. The van der Waals surface area contributed by atoms with Gasteiger partial charge in [-0.05, 0) is 23.8 Å². The third-order valence-corrected chi connectivity index (χ3v) is 2.67. The molecule has 2 nitrogen and oxygen atoms in total. The summed E-state index contributed by atoms with van der Waals surface area (Å²) in [4.78, 5) is 5.05. The average Bonchev–Trinajstić information content (AvgIpc) is 2.67. The lowest BCUT2D eigenvalue weighted by Crippen LogP contribution is -1.72. The van der Waals surface area contributed by atoms with Gasteiger partial charge >= 0.3 is 0 Å². The Bertz CT molecular complexity index is 439. The summed E-state index contributed by atoms with van der Waals surface area (Å²) in [5, 5.41) is 10.5. The van der Waals surface area contributed by atoms with E-state index in [1.54, 1.807) is 23.7 Å². The quantitative estimate of drug-likeness (QED) is 0.686. The van der Waals surface area contributed by atoms with Gasteiger partial charge in [0.1, 0.15) is 6.07 Å². The van der Waals surface area contributed by atoms with Gasteiger partial charge in [0.15, 0.2) is 0 Å². The van der Waals surface area contributed by atoms with E-state index in [-0.39, 0.29) is 0 Å². The molecule has 0 aliphatic carbocycles. The van der Waals surface area contributed by atoms with Crippen LogP contribution in [0.4, 0.5) is 0 Å². The van der Waals surface area contributed by atoms with Crippen molar-refractivity contribution in [2.75, 3.05) is 0 Å². The van der Waals surface area contributed by atoms with Crippen LogP contribution in [0.3, 0.4) is 0 Å². The normalized spacial score (nSPS) is 9.46. The number of nitrogens with zero attached hydrogens (tertiary/aromatic N) is 2. The summed E-state index contributed by atoms with van der Waals surface area (Å²) < 4.78 is 0.